The van der Waals surface area contributed by atoms with Crippen molar-refractivity contribution in [3.05, 3.63) is 22.7 Å². The summed E-state index contributed by atoms with van der Waals surface area (Å²) in [7, 11) is 0. The summed E-state index contributed by atoms with van der Waals surface area (Å²) in [4.78, 5) is 4.38. The van der Waals surface area contributed by atoms with E-state index >= 15 is 0 Å². The molecule has 21 heavy (non-hydrogen) atoms. The van der Waals surface area contributed by atoms with Gasteiger partial charge in [0.1, 0.15) is 5.75 Å². The standard InChI is InChI=1S/C13H14BrF3N2OS/c1-2-3-9-7-18-12(21-9)19-8-4-5-11(10(14)6-8)20-13(15,16)17/h4-6,9H,2-3,7H2,1H3,(H,18,19). The van der Waals surface area contributed by atoms with Crippen molar-refractivity contribution in [1.82, 2.24) is 0 Å². The number of amidine groups is 1. The highest BCUT2D eigenvalue weighted by Gasteiger charge is 2.32. The first kappa shape index (κ1) is 16.5. The van der Waals surface area contributed by atoms with Crippen molar-refractivity contribution in [2.75, 3.05) is 11.9 Å². The van der Waals surface area contributed by atoms with Gasteiger partial charge in [0.2, 0.25) is 0 Å². The van der Waals surface area contributed by atoms with Gasteiger partial charge in [-0.1, -0.05) is 25.1 Å². The molecule has 0 aliphatic carbocycles. The van der Waals surface area contributed by atoms with Crippen LogP contribution < -0.4 is 10.1 Å². The number of hydrogen-bond acceptors (Lipinski definition) is 4. The van der Waals surface area contributed by atoms with Gasteiger partial charge in [-0.15, -0.1) is 13.2 Å². The molecular weight excluding hydrogens is 369 g/mol. The SMILES string of the molecule is CCCC1CN=C(Nc2ccc(OC(F)(F)F)c(Br)c2)S1. The van der Waals surface area contributed by atoms with Crippen molar-refractivity contribution in [1.29, 1.82) is 0 Å². The Morgan fingerprint density at radius 2 is 2.24 bits per heavy atom. The van der Waals surface area contributed by atoms with Gasteiger partial charge in [-0.05, 0) is 40.5 Å². The number of ether oxygens (including phenoxy) is 1. The molecule has 3 nitrogen and oxygen atoms in total. The Morgan fingerprint density at radius 1 is 1.48 bits per heavy atom. The van der Waals surface area contributed by atoms with Gasteiger partial charge in [0.15, 0.2) is 5.17 Å². The lowest BCUT2D eigenvalue weighted by atomic mass is 10.2. The summed E-state index contributed by atoms with van der Waals surface area (Å²) in [6, 6.07) is 4.34. The summed E-state index contributed by atoms with van der Waals surface area (Å²) >= 11 is 4.74. The number of aliphatic imine (C=N–C) groups is 1. The summed E-state index contributed by atoms with van der Waals surface area (Å²) in [6.45, 7) is 2.90. The minimum Gasteiger partial charge on any atom is -0.405 e. The molecule has 1 unspecified atom stereocenters. The Bertz CT molecular complexity index is 537. The quantitative estimate of drug-likeness (QED) is 0.792. The predicted octanol–water partition coefficient (Wildman–Crippen LogP) is 5.03. The van der Waals surface area contributed by atoms with Gasteiger partial charge >= 0.3 is 6.36 Å². The molecule has 1 atom stereocenters. The Labute approximate surface area is 133 Å². The van der Waals surface area contributed by atoms with Crippen LogP contribution in [0, 0.1) is 0 Å². The number of nitrogens with zero attached hydrogens (tertiary/aromatic N) is 1. The Morgan fingerprint density at radius 3 is 2.86 bits per heavy atom. The maximum absolute atomic E-state index is 12.2. The first-order valence-electron chi connectivity index (χ1n) is 6.41. The molecule has 1 aliphatic rings. The zero-order valence-corrected chi connectivity index (χ0v) is 13.6. The van der Waals surface area contributed by atoms with E-state index in [4.69, 9.17) is 0 Å². The van der Waals surface area contributed by atoms with Crippen molar-refractivity contribution < 1.29 is 17.9 Å². The highest BCUT2D eigenvalue weighted by molar-refractivity contribution is 9.10. The molecule has 116 valence electrons. The number of alkyl halides is 3. The van der Waals surface area contributed by atoms with Gasteiger partial charge in [0.05, 0.1) is 11.0 Å². The number of nitrogens with one attached hydrogen (secondary N) is 1. The Balaban J connectivity index is 1.98. The largest absolute Gasteiger partial charge is 0.573 e. The van der Waals surface area contributed by atoms with E-state index in [9.17, 15) is 13.2 Å². The molecule has 2 rings (SSSR count). The summed E-state index contributed by atoms with van der Waals surface area (Å²) in [5.41, 5.74) is 0.666. The second-order valence-corrected chi connectivity index (χ2v) is 6.64. The summed E-state index contributed by atoms with van der Waals surface area (Å²) in [6.07, 6.45) is -2.49. The van der Waals surface area contributed by atoms with Crippen LogP contribution in [0.2, 0.25) is 0 Å². The summed E-state index contributed by atoms with van der Waals surface area (Å²) in [5, 5.41) is 4.38. The minimum atomic E-state index is -4.70. The van der Waals surface area contributed by atoms with E-state index in [0.29, 0.717) is 10.9 Å². The molecule has 0 fully saturated rings. The second kappa shape index (κ2) is 6.91. The molecule has 0 bridgehead atoms. The van der Waals surface area contributed by atoms with Crippen molar-refractivity contribution in [2.45, 2.75) is 31.4 Å². The zero-order valence-electron chi connectivity index (χ0n) is 11.2. The zero-order chi connectivity index (χ0) is 15.5. The van der Waals surface area contributed by atoms with E-state index in [2.05, 4.69) is 37.9 Å². The topological polar surface area (TPSA) is 33.6 Å². The lowest BCUT2D eigenvalue weighted by Gasteiger charge is -2.12. The summed E-state index contributed by atoms with van der Waals surface area (Å²) in [5.74, 6) is -0.266. The molecule has 1 aromatic rings. The normalized spacial score (nSPS) is 18.5. The molecule has 8 heteroatoms. The number of halogens is 4. The first-order valence-corrected chi connectivity index (χ1v) is 8.08. The third-order valence-corrected chi connectivity index (χ3v) is 4.53. The van der Waals surface area contributed by atoms with Gasteiger partial charge in [0.25, 0.3) is 0 Å². The molecule has 0 amide bonds. The third-order valence-electron chi connectivity index (χ3n) is 2.74. The van der Waals surface area contributed by atoms with Crippen LogP contribution in [0.3, 0.4) is 0 Å². The van der Waals surface area contributed by atoms with Crippen LogP contribution in [0.4, 0.5) is 18.9 Å². The number of hydrogen-bond donors (Lipinski definition) is 1. The highest BCUT2D eigenvalue weighted by Crippen LogP contribution is 2.33. The monoisotopic (exact) mass is 382 g/mol. The fourth-order valence-electron chi connectivity index (χ4n) is 1.87. The fourth-order valence-corrected chi connectivity index (χ4v) is 3.47. The highest BCUT2D eigenvalue weighted by atomic mass is 79.9. The van der Waals surface area contributed by atoms with E-state index in [0.717, 1.165) is 24.6 Å². The van der Waals surface area contributed by atoms with Gasteiger partial charge in [-0.3, -0.25) is 4.99 Å². The third kappa shape index (κ3) is 5.10. The molecule has 1 aromatic carbocycles. The van der Waals surface area contributed by atoms with E-state index in [1.165, 1.54) is 18.2 Å². The van der Waals surface area contributed by atoms with Crippen molar-refractivity contribution >= 4 is 38.5 Å². The van der Waals surface area contributed by atoms with Crippen LogP contribution in [0.5, 0.6) is 5.75 Å². The minimum absolute atomic E-state index is 0.235. The molecule has 1 heterocycles. The lowest BCUT2D eigenvalue weighted by molar-refractivity contribution is -0.274. The van der Waals surface area contributed by atoms with Crippen LogP contribution in [0.1, 0.15) is 19.8 Å². The lowest BCUT2D eigenvalue weighted by Crippen LogP contribution is -2.17. The maximum atomic E-state index is 12.2. The van der Waals surface area contributed by atoms with Gasteiger partial charge in [-0.25, -0.2) is 0 Å². The summed E-state index contributed by atoms with van der Waals surface area (Å²) < 4.78 is 40.7. The van der Waals surface area contributed by atoms with Gasteiger partial charge in [0, 0.05) is 10.9 Å². The molecule has 1 aliphatic heterocycles. The smallest absolute Gasteiger partial charge is 0.405 e. The molecule has 0 spiro atoms. The van der Waals surface area contributed by atoms with Crippen LogP contribution >= 0.6 is 27.7 Å². The average Bonchev–Trinajstić information content (AvgIpc) is 2.79. The molecule has 0 saturated carbocycles. The molecule has 1 N–H and O–H groups in total. The van der Waals surface area contributed by atoms with Crippen LogP contribution in [-0.4, -0.2) is 23.3 Å². The number of anilines is 1. The number of thioether (sulfide) groups is 1. The van der Waals surface area contributed by atoms with E-state index in [1.54, 1.807) is 11.8 Å². The second-order valence-electron chi connectivity index (χ2n) is 4.49. The molecule has 0 saturated heterocycles. The van der Waals surface area contributed by atoms with Crippen molar-refractivity contribution in [3.8, 4) is 5.75 Å². The van der Waals surface area contributed by atoms with Crippen LogP contribution in [0.25, 0.3) is 0 Å². The first-order chi connectivity index (χ1) is 9.87. The average molecular weight is 383 g/mol. The fraction of sp³-hybridized carbons (Fsp3) is 0.462. The molecule has 0 radical (unpaired) electrons. The molecule has 0 aromatic heterocycles. The van der Waals surface area contributed by atoms with E-state index in [-0.39, 0.29) is 10.2 Å². The number of benzene rings is 1. The van der Waals surface area contributed by atoms with Crippen molar-refractivity contribution in [3.63, 3.8) is 0 Å². The van der Waals surface area contributed by atoms with E-state index in [1.807, 2.05) is 0 Å². The van der Waals surface area contributed by atoms with Crippen molar-refractivity contribution in [2.24, 2.45) is 4.99 Å². The predicted molar refractivity (Wildman–Crippen MR) is 83.0 cm³/mol. The molecular formula is C13H14BrF3N2OS. The number of rotatable bonds is 4. The van der Waals surface area contributed by atoms with E-state index < -0.39 is 6.36 Å². The van der Waals surface area contributed by atoms with Gasteiger partial charge < -0.3 is 10.1 Å². The van der Waals surface area contributed by atoms with Gasteiger partial charge in [-0.2, -0.15) is 0 Å². The Kier molecular flexibility index (Phi) is 5.43. The Hall–Kier alpha value is -0.890. The van der Waals surface area contributed by atoms with Crippen LogP contribution in [0.15, 0.2) is 27.7 Å². The maximum Gasteiger partial charge on any atom is 0.573 e. The van der Waals surface area contributed by atoms with Crippen LogP contribution in [-0.2, 0) is 0 Å².